The molecule has 0 fully saturated rings. The van der Waals surface area contributed by atoms with Crippen molar-refractivity contribution in [2.24, 2.45) is 5.92 Å². The molecule has 4 rings (SSSR count). The normalized spacial score (nSPS) is 18.4. The Bertz CT molecular complexity index is 1470. The van der Waals surface area contributed by atoms with Gasteiger partial charge in [-0.25, -0.2) is 8.42 Å². The fourth-order valence-corrected chi connectivity index (χ4v) is 5.70. The molecule has 0 saturated carbocycles. The minimum absolute atomic E-state index is 0.0479. The number of sulfonamides is 1. The number of pyridine rings is 1. The smallest absolute Gasteiger partial charge is 0.258 e. The van der Waals surface area contributed by atoms with Crippen LogP contribution in [0.2, 0.25) is 5.02 Å². The minimum atomic E-state index is -3.89. The van der Waals surface area contributed by atoms with Crippen molar-refractivity contribution in [1.82, 2.24) is 14.2 Å². The highest BCUT2D eigenvalue weighted by Gasteiger charge is 2.36. The lowest BCUT2D eigenvalue weighted by atomic mass is 9.99. The molecule has 3 aromatic rings. The molecule has 0 saturated heterocycles. The van der Waals surface area contributed by atoms with Gasteiger partial charge in [-0.2, -0.15) is 4.31 Å². The van der Waals surface area contributed by atoms with E-state index in [0.29, 0.717) is 10.6 Å². The zero-order chi connectivity index (χ0) is 29.0. The highest BCUT2D eigenvalue weighted by atomic mass is 35.5. The molecule has 0 spiro atoms. The number of carbonyl (C=O) groups excluding carboxylic acids is 2. The van der Waals surface area contributed by atoms with Crippen molar-refractivity contribution in [3.63, 3.8) is 0 Å². The maximum atomic E-state index is 13.6. The first-order valence-corrected chi connectivity index (χ1v) is 14.5. The first-order valence-electron chi connectivity index (χ1n) is 12.7. The number of carbonyl (C=O) groups is 2. The van der Waals surface area contributed by atoms with Crippen LogP contribution in [0.15, 0.2) is 71.9 Å². The highest BCUT2D eigenvalue weighted by Crippen LogP contribution is 2.35. The molecule has 2 aromatic carbocycles. The summed E-state index contributed by atoms with van der Waals surface area (Å²) in [5.74, 6) is -1.03. The zero-order valence-corrected chi connectivity index (χ0v) is 23.9. The number of amides is 2. The Labute approximate surface area is 238 Å². The predicted octanol–water partition coefficient (Wildman–Crippen LogP) is 3.53. The van der Waals surface area contributed by atoms with E-state index in [0.717, 1.165) is 0 Å². The van der Waals surface area contributed by atoms with Crippen molar-refractivity contribution in [3.8, 4) is 5.75 Å². The summed E-state index contributed by atoms with van der Waals surface area (Å²) >= 11 is 5.94. The molecule has 0 radical (unpaired) electrons. The van der Waals surface area contributed by atoms with E-state index in [9.17, 15) is 23.1 Å². The third kappa shape index (κ3) is 6.28. The van der Waals surface area contributed by atoms with Crippen LogP contribution < -0.4 is 10.1 Å². The molecule has 2 N–H and O–H groups in total. The molecular formula is C28H31ClN4O6S. The average Bonchev–Trinajstić information content (AvgIpc) is 2.95. The third-order valence-electron chi connectivity index (χ3n) is 6.84. The molecule has 40 heavy (non-hydrogen) atoms. The van der Waals surface area contributed by atoms with Crippen LogP contribution in [-0.2, 0) is 10.0 Å². The van der Waals surface area contributed by atoms with Crippen LogP contribution in [0.1, 0.15) is 34.6 Å². The number of aromatic nitrogens is 1. The van der Waals surface area contributed by atoms with Gasteiger partial charge in [0.2, 0.25) is 10.0 Å². The molecule has 1 aliphatic rings. The van der Waals surface area contributed by atoms with Gasteiger partial charge >= 0.3 is 0 Å². The Hall–Kier alpha value is -3.51. The lowest BCUT2D eigenvalue weighted by Gasteiger charge is -2.38. The van der Waals surface area contributed by atoms with Crippen molar-refractivity contribution in [2.45, 2.75) is 30.9 Å². The van der Waals surface area contributed by atoms with Gasteiger partial charge in [0.15, 0.2) is 5.75 Å². The number of nitrogens with one attached hydrogen (secondary N) is 1. The van der Waals surface area contributed by atoms with Crippen LogP contribution in [0.4, 0.5) is 5.69 Å². The molecule has 0 aliphatic carbocycles. The van der Waals surface area contributed by atoms with E-state index in [-0.39, 0.29) is 53.4 Å². The van der Waals surface area contributed by atoms with Gasteiger partial charge < -0.3 is 20.1 Å². The number of anilines is 1. The van der Waals surface area contributed by atoms with E-state index in [4.69, 9.17) is 16.3 Å². The van der Waals surface area contributed by atoms with Gasteiger partial charge in [0.1, 0.15) is 6.10 Å². The lowest BCUT2D eigenvalue weighted by molar-refractivity contribution is 0.0388. The number of rotatable bonds is 8. The molecular weight excluding hydrogens is 556 g/mol. The molecule has 2 heterocycles. The van der Waals surface area contributed by atoms with E-state index in [1.54, 1.807) is 42.2 Å². The highest BCUT2D eigenvalue weighted by molar-refractivity contribution is 7.89. The standard InChI is InChI=1S/C28H31ClN4O6S/c1-18-15-33(19(2)17-34)28(36)23-5-4-6-24(31-27(35)20-11-13-30-14-12-20)26(23)39-25(18)16-32(3)40(37,38)22-9-7-21(29)8-10-22/h4-14,18-19,25,34H,15-17H2,1-3H3,(H,31,35)/t18-,19-,25-/m1/s1. The van der Waals surface area contributed by atoms with E-state index in [1.807, 2.05) is 6.92 Å². The number of aliphatic hydroxyl groups excluding tert-OH is 1. The first kappa shape index (κ1) is 29.5. The second kappa shape index (κ2) is 12.3. The molecule has 0 unspecified atom stereocenters. The summed E-state index contributed by atoms with van der Waals surface area (Å²) in [5, 5.41) is 13.1. The summed E-state index contributed by atoms with van der Waals surface area (Å²) < 4.78 is 34.3. The van der Waals surface area contributed by atoms with Gasteiger partial charge in [-0.05, 0) is 55.5 Å². The summed E-state index contributed by atoms with van der Waals surface area (Å²) in [5.41, 5.74) is 0.804. The Morgan fingerprint density at radius 2 is 1.88 bits per heavy atom. The second-order valence-electron chi connectivity index (χ2n) is 9.73. The number of halogens is 1. The van der Waals surface area contributed by atoms with E-state index in [2.05, 4.69) is 10.3 Å². The van der Waals surface area contributed by atoms with Crippen molar-refractivity contribution >= 4 is 39.1 Å². The largest absolute Gasteiger partial charge is 0.486 e. The van der Waals surface area contributed by atoms with Gasteiger partial charge in [-0.15, -0.1) is 0 Å². The Balaban J connectivity index is 1.72. The van der Waals surface area contributed by atoms with Gasteiger partial charge in [-0.1, -0.05) is 24.6 Å². The van der Waals surface area contributed by atoms with Crippen LogP contribution in [0, 0.1) is 5.92 Å². The Morgan fingerprint density at radius 3 is 2.52 bits per heavy atom. The van der Waals surface area contributed by atoms with Gasteiger partial charge in [0, 0.05) is 42.5 Å². The van der Waals surface area contributed by atoms with Gasteiger partial charge in [0.25, 0.3) is 11.8 Å². The summed E-state index contributed by atoms with van der Waals surface area (Å²) in [6, 6.07) is 13.3. The van der Waals surface area contributed by atoms with Crippen LogP contribution in [0.25, 0.3) is 0 Å². The first-order chi connectivity index (χ1) is 19.0. The molecule has 1 aromatic heterocycles. The van der Waals surface area contributed by atoms with E-state index in [1.165, 1.54) is 48.0 Å². The zero-order valence-electron chi connectivity index (χ0n) is 22.3. The lowest BCUT2D eigenvalue weighted by Crippen LogP contribution is -2.50. The third-order valence-corrected chi connectivity index (χ3v) is 8.93. The number of aliphatic hydroxyl groups is 1. The fraction of sp³-hybridized carbons (Fsp3) is 0.321. The predicted molar refractivity (Wildman–Crippen MR) is 151 cm³/mol. The van der Waals surface area contributed by atoms with Crippen LogP contribution in [0.3, 0.4) is 0 Å². The topological polar surface area (TPSA) is 129 Å². The number of hydrogen-bond donors (Lipinski definition) is 2. The minimum Gasteiger partial charge on any atom is -0.486 e. The number of benzene rings is 2. The maximum Gasteiger partial charge on any atom is 0.258 e. The summed E-state index contributed by atoms with van der Waals surface area (Å²) in [4.78, 5) is 32.2. The van der Waals surface area contributed by atoms with E-state index < -0.39 is 28.1 Å². The summed E-state index contributed by atoms with van der Waals surface area (Å²) in [7, 11) is -2.43. The average molecular weight is 587 g/mol. The molecule has 12 heteroatoms. The van der Waals surface area contributed by atoms with Gasteiger partial charge in [0.05, 0.1) is 35.3 Å². The number of para-hydroxylation sites is 1. The van der Waals surface area contributed by atoms with Crippen molar-refractivity contribution in [1.29, 1.82) is 0 Å². The van der Waals surface area contributed by atoms with Crippen LogP contribution in [-0.4, -0.2) is 78.4 Å². The molecule has 1 aliphatic heterocycles. The summed E-state index contributed by atoms with van der Waals surface area (Å²) in [6.45, 7) is 3.48. The Kier molecular flexibility index (Phi) is 9.09. The quantitative estimate of drug-likeness (QED) is 0.413. The number of likely N-dealkylation sites (N-methyl/N-ethyl adjacent to an activating group) is 1. The van der Waals surface area contributed by atoms with Crippen LogP contribution in [0.5, 0.6) is 5.75 Å². The number of hydrogen-bond acceptors (Lipinski definition) is 7. The SMILES string of the molecule is C[C@@H]1CN([C@H](C)CO)C(=O)c2cccc(NC(=O)c3ccncc3)c2O[C@@H]1CN(C)S(=O)(=O)c1ccc(Cl)cc1. The molecule has 2 amide bonds. The number of fused-ring (bicyclic) bond motifs is 1. The maximum absolute atomic E-state index is 13.6. The fourth-order valence-electron chi connectivity index (χ4n) is 4.40. The van der Waals surface area contributed by atoms with Gasteiger partial charge in [-0.3, -0.25) is 14.6 Å². The summed E-state index contributed by atoms with van der Waals surface area (Å²) in [6.07, 6.45) is 2.27. The van der Waals surface area contributed by atoms with Crippen LogP contribution >= 0.6 is 11.6 Å². The van der Waals surface area contributed by atoms with Crippen molar-refractivity contribution < 1.29 is 27.9 Å². The molecule has 212 valence electrons. The van der Waals surface area contributed by atoms with E-state index >= 15 is 0 Å². The molecule has 10 nitrogen and oxygen atoms in total. The monoisotopic (exact) mass is 586 g/mol. The van der Waals surface area contributed by atoms with Crippen molar-refractivity contribution in [3.05, 3.63) is 83.1 Å². The second-order valence-corrected chi connectivity index (χ2v) is 12.2. The Morgan fingerprint density at radius 1 is 1.20 bits per heavy atom. The van der Waals surface area contributed by atoms with Crippen molar-refractivity contribution in [2.75, 3.05) is 32.1 Å². The molecule has 0 bridgehead atoms. The molecule has 3 atom stereocenters. The number of ether oxygens (including phenoxy) is 1. The number of nitrogens with zero attached hydrogens (tertiary/aromatic N) is 3.